The van der Waals surface area contributed by atoms with E-state index in [1.54, 1.807) is 29.2 Å². The molecule has 2 aromatic carbocycles. The Bertz CT molecular complexity index is 1250. The van der Waals surface area contributed by atoms with Crippen LogP contribution in [0.5, 0.6) is 0 Å². The summed E-state index contributed by atoms with van der Waals surface area (Å²) in [5.41, 5.74) is 9.30. The summed E-state index contributed by atoms with van der Waals surface area (Å²) in [6.45, 7) is 0.551. The van der Waals surface area contributed by atoms with Crippen LogP contribution in [-0.4, -0.2) is 36.0 Å². The molecule has 33 heavy (non-hydrogen) atoms. The number of nitrogens with one attached hydrogen (secondary N) is 1. The highest BCUT2D eigenvalue weighted by Crippen LogP contribution is 2.32. The maximum atomic E-state index is 12.9. The van der Waals surface area contributed by atoms with E-state index in [1.165, 1.54) is 17.5 Å². The lowest BCUT2D eigenvalue weighted by atomic mass is 10.1. The number of hydrazone groups is 1. The number of furan rings is 1. The largest absolute Gasteiger partial charge is 0.472 e. The minimum Gasteiger partial charge on any atom is -0.472 e. The lowest BCUT2D eigenvalue weighted by Gasteiger charge is -2.20. The molecule has 3 amide bonds. The third-order valence-electron chi connectivity index (χ3n) is 5.77. The van der Waals surface area contributed by atoms with E-state index in [4.69, 9.17) is 10.2 Å². The van der Waals surface area contributed by atoms with Crippen molar-refractivity contribution in [3.63, 3.8) is 0 Å². The maximum absolute atomic E-state index is 12.9. The van der Waals surface area contributed by atoms with Crippen molar-refractivity contribution in [2.75, 3.05) is 21.8 Å². The van der Waals surface area contributed by atoms with Gasteiger partial charge in [-0.15, -0.1) is 0 Å². The quantitative estimate of drug-likeness (QED) is 0.628. The Morgan fingerprint density at radius 1 is 1.09 bits per heavy atom. The normalized spacial score (nSPS) is 17.0. The standard InChI is InChI=1S/C24H21N5O4/c25-22(30)21-13-19(27-29(21)18-4-2-1-3-5-18)23(31)26-17-6-7-20-15(12-17)8-10-28(20)24(32)16-9-11-33-14-16/h1-7,9,11-12,14,21H,8,10,13H2,(H2,25,30)(H,26,31). The predicted octanol–water partition coefficient (Wildman–Crippen LogP) is 2.54. The van der Waals surface area contributed by atoms with Gasteiger partial charge in [0.1, 0.15) is 18.0 Å². The van der Waals surface area contributed by atoms with Gasteiger partial charge in [-0.3, -0.25) is 19.4 Å². The summed E-state index contributed by atoms with van der Waals surface area (Å²) < 4.78 is 5.01. The van der Waals surface area contributed by atoms with Crippen molar-refractivity contribution in [3.8, 4) is 0 Å². The summed E-state index contributed by atoms with van der Waals surface area (Å²) >= 11 is 0. The predicted molar refractivity (Wildman–Crippen MR) is 123 cm³/mol. The molecular weight excluding hydrogens is 422 g/mol. The molecule has 0 bridgehead atoms. The first-order valence-electron chi connectivity index (χ1n) is 10.5. The molecule has 1 aromatic heterocycles. The number of amides is 3. The van der Waals surface area contributed by atoms with Crippen LogP contribution in [0, 0.1) is 0 Å². The molecule has 1 atom stereocenters. The SMILES string of the molecule is NC(=O)C1CC(C(=O)Nc2ccc3c(c2)CCN3C(=O)c2ccoc2)=NN1c1ccccc1. The molecule has 3 heterocycles. The highest BCUT2D eigenvalue weighted by atomic mass is 16.3. The fourth-order valence-electron chi connectivity index (χ4n) is 4.12. The summed E-state index contributed by atoms with van der Waals surface area (Å²) in [5.74, 6) is -1.08. The third-order valence-corrected chi connectivity index (χ3v) is 5.77. The molecule has 0 saturated carbocycles. The van der Waals surface area contributed by atoms with Gasteiger partial charge in [-0.1, -0.05) is 18.2 Å². The summed E-state index contributed by atoms with van der Waals surface area (Å²) in [4.78, 5) is 39.2. The van der Waals surface area contributed by atoms with Crippen LogP contribution in [0.25, 0.3) is 0 Å². The van der Waals surface area contributed by atoms with Crippen molar-refractivity contribution < 1.29 is 18.8 Å². The molecule has 0 radical (unpaired) electrons. The van der Waals surface area contributed by atoms with Crippen LogP contribution in [0.1, 0.15) is 22.3 Å². The topological polar surface area (TPSA) is 121 Å². The average molecular weight is 443 g/mol. The fraction of sp³-hybridized carbons (Fsp3) is 0.167. The maximum Gasteiger partial charge on any atom is 0.271 e. The van der Waals surface area contributed by atoms with Gasteiger partial charge in [0.2, 0.25) is 5.91 Å². The first-order chi connectivity index (χ1) is 16.0. The number of para-hydroxylation sites is 1. The molecule has 0 saturated heterocycles. The van der Waals surface area contributed by atoms with Crippen molar-refractivity contribution in [3.05, 3.63) is 78.3 Å². The van der Waals surface area contributed by atoms with Crippen LogP contribution in [-0.2, 0) is 16.0 Å². The molecular formula is C24H21N5O4. The van der Waals surface area contributed by atoms with E-state index >= 15 is 0 Å². The zero-order chi connectivity index (χ0) is 22.9. The van der Waals surface area contributed by atoms with Gasteiger partial charge in [0, 0.05) is 24.3 Å². The van der Waals surface area contributed by atoms with Gasteiger partial charge in [-0.25, -0.2) is 0 Å². The van der Waals surface area contributed by atoms with Gasteiger partial charge in [0.05, 0.1) is 17.5 Å². The van der Waals surface area contributed by atoms with Crippen LogP contribution in [0.3, 0.4) is 0 Å². The number of rotatable bonds is 5. The Hall–Kier alpha value is -4.40. The van der Waals surface area contributed by atoms with Crippen molar-refractivity contribution in [2.45, 2.75) is 18.9 Å². The smallest absolute Gasteiger partial charge is 0.271 e. The van der Waals surface area contributed by atoms with Gasteiger partial charge in [-0.2, -0.15) is 5.10 Å². The molecule has 3 aromatic rings. The highest BCUT2D eigenvalue weighted by Gasteiger charge is 2.35. The Kier molecular flexibility index (Phi) is 5.14. The van der Waals surface area contributed by atoms with Gasteiger partial charge >= 0.3 is 0 Å². The van der Waals surface area contributed by atoms with Gasteiger partial charge in [0.25, 0.3) is 11.8 Å². The molecule has 9 nitrogen and oxygen atoms in total. The van der Waals surface area contributed by atoms with Gasteiger partial charge in [0.15, 0.2) is 0 Å². The number of fused-ring (bicyclic) bond motifs is 1. The van der Waals surface area contributed by atoms with Crippen LogP contribution >= 0.6 is 0 Å². The van der Waals surface area contributed by atoms with E-state index < -0.39 is 17.9 Å². The van der Waals surface area contributed by atoms with E-state index in [0.29, 0.717) is 29.9 Å². The molecule has 0 fully saturated rings. The lowest BCUT2D eigenvalue weighted by molar-refractivity contribution is -0.119. The fourth-order valence-corrected chi connectivity index (χ4v) is 4.12. The van der Waals surface area contributed by atoms with E-state index in [2.05, 4.69) is 10.4 Å². The molecule has 5 rings (SSSR count). The number of nitrogens with zero attached hydrogens (tertiary/aromatic N) is 3. The summed E-state index contributed by atoms with van der Waals surface area (Å²) in [5, 5.41) is 8.70. The van der Waals surface area contributed by atoms with Crippen LogP contribution in [0.4, 0.5) is 17.1 Å². The number of anilines is 3. The number of carbonyl (C=O) groups is 3. The van der Waals surface area contributed by atoms with Crippen molar-refractivity contribution in [1.82, 2.24) is 0 Å². The molecule has 9 heteroatoms. The van der Waals surface area contributed by atoms with E-state index in [0.717, 1.165) is 11.3 Å². The lowest BCUT2D eigenvalue weighted by Crippen LogP contribution is -2.39. The van der Waals surface area contributed by atoms with Crippen molar-refractivity contribution >= 4 is 40.5 Å². The Labute approximate surface area is 189 Å². The minimum atomic E-state index is -0.726. The van der Waals surface area contributed by atoms with Gasteiger partial charge < -0.3 is 20.4 Å². The molecule has 2 aliphatic rings. The molecule has 0 spiro atoms. The second-order valence-corrected chi connectivity index (χ2v) is 7.87. The molecule has 1 unspecified atom stereocenters. The van der Waals surface area contributed by atoms with Crippen LogP contribution < -0.4 is 21.0 Å². The van der Waals surface area contributed by atoms with E-state index in [-0.39, 0.29) is 18.0 Å². The second kappa shape index (κ2) is 8.27. The number of carbonyl (C=O) groups excluding carboxylic acids is 3. The summed E-state index contributed by atoms with van der Waals surface area (Å²) in [6, 6.07) is 15.4. The first-order valence-corrected chi connectivity index (χ1v) is 10.5. The van der Waals surface area contributed by atoms with E-state index in [1.807, 2.05) is 30.3 Å². The number of primary amides is 1. The first kappa shape index (κ1) is 20.5. The molecule has 3 N–H and O–H groups in total. The average Bonchev–Trinajstić information content (AvgIpc) is 3.58. The number of hydrogen-bond acceptors (Lipinski definition) is 6. The monoisotopic (exact) mass is 443 g/mol. The van der Waals surface area contributed by atoms with Crippen molar-refractivity contribution in [2.24, 2.45) is 10.8 Å². The minimum absolute atomic E-state index is 0.119. The number of hydrogen-bond donors (Lipinski definition) is 2. The molecule has 2 aliphatic heterocycles. The zero-order valence-corrected chi connectivity index (χ0v) is 17.6. The zero-order valence-electron chi connectivity index (χ0n) is 17.6. The summed E-state index contributed by atoms with van der Waals surface area (Å²) in [7, 11) is 0. The Morgan fingerprint density at radius 2 is 1.91 bits per heavy atom. The van der Waals surface area contributed by atoms with Gasteiger partial charge in [-0.05, 0) is 48.4 Å². The molecule has 0 aliphatic carbocycles. The highest BCUT2D eigenvalue weighted by molar-refractivity contribution is 6.44. The van der Waals surface area contributed by atoms with Crippen LogP contribution in [0.15, 0.2) is 76.6 Å². The summed E-state index contributed by atoms with van der Waals surface area (Å²) in [6.07, 6.45) is 3.69. The molecule has 166 valence electrons. The van der Waals surface area contributed by atoms with E-state index in [9.17, 15) is 14.4 Å². The Balaban J connectivity index is 1.32. The Morgan fingerprint density at radius 3 is 2.64 bits per heavy atom. The van der Waals surface area contributed by atoms with Crippen molar-refractivity contribution in [1.29, 1.82) is 0 Å². The number of benzene rings is 2. The second-order valence-electron chi connectivity index (χ2n) is 7.87. The van der Waals surface area contributed by atoms with Crippen LogP contribution in [0.2, 0.25) is 0 Å². The third kappa shape index (κ3) is 3.84. The number of nitrogens with two attached hydrogens (primary N) is 1.